The zero-order valence-electron chi connectivity index (χ0n) is 22.5. The van der Waals surface area contributed by atoms with Gasteiger partial charge in [-0.25, -0.2) is 4.79 Å². The van der Waals surface area contributed by atoms with E-state index in [0.717, 1.165) is 0 Å². The van der Waals surface area contributed by atoms with E-state index in [1.165, 1.54) is 9.80 Å². The molecule has 3 aromatic rings. The number of carbonyl (C=O) groups excluding carboxylic acids is 4. The Kier molecular flexibility index (Phi) is 8.29. The van der Waals surface area contributed by atoms with E-state index < -0.39 is 23.9 Å². The zero-order valence-corrected chi connectivity index (χ0v) is 22.5. The monoisotopic (exact) mass is 527 g/mol. The summed E-state index contributed by atoms with van der Waals surface area (Å²) in [6, 6.07) is 22.4. The molecule has 1 unspecified atom stereocenters. The summed E-state index contributed by atoms with van der Waals surface area (Å²) in [5, 5.41) is 5.22. The molecule has 0 bridgehead atoms. The lowest BCUT2D eigenvalue weighted by molar-refractivity contribution is -0.129. The van der Waals surface area contributed by atoms with E-state index >= 15 is 0 Å². The van der Waals surface area contributed by atoms with Crippen LogP contribution < -0.4 is 25.3 Å². The van der Waals surface area contributed by atoms with Crippen LogP contribution >= 0.6 is 0 Å². The first-order chi connectivity index (χ1) is 18.7. The molecular weight excluding hydrogens is 494 g/mol. The zero-order chi connectivity index (χ0) is 28.1. The van der Waals surface area contributed by atoms with Crippen molar-refractivity contribution in [3.8, 4) is 0 Å². The summed E-state index contributed by atoms with van der Waals surface area (Å²) in [7, 11) is 0. The Morgan fingerprint density at radius 2 is 1.36 bits per heavy atom. The lowest BCUT2D eigenvalue weighted by Crippen LogP contribution is -2.58. The van der Waals surface area contributed by atoms with Crippen LogP contribution in [0.1, 0.15) is 27.7 Å². The molecule has 5 amide bonds. The van der Waals surface area contributed by atoms with Crippen LogP contribution in [0.2, 0.25) is 0 Å². The Bertz CT molecular complexity index is 1340. The largest absolute Gasteiger partial charge is 0.336 e. The average Bonchev–Trinajstić information content (AvgIpc) is 2.98. The number of nitrogens with one attached hydrogen (secondary N) is 2. The Morgan fingerprint density at radius 1 is 0.795 bits per heavy atom. The number of anilines is 4. The van der Waals surface area contributed by atoms with Crippen LogP contribution in [0.25, 0.3) is 0 Å². The quantitative estimate of drug-likeness (QED) is 0.449. The van der Waals surface area contributed by atoms with Crippen LogP contribution in [0.5, 0.6) is 0 Å². The maximum atomic E-state index is 14.0. The van der Waals surface area contributed by atoms with Gasteiger partial charge in [-0.3, -0.25) is 24.2 Å². The van der Waals surface area contributed by atoms with E-state index in [1.54, 1.807) is 67.3 Å². The van der Waals surface area contributed by atoms with Crippen molar-refractivity contribution >= 4 is 46.5 Å². The number of fused-ring (bicyclic) bond motifs is 1. The number of amides is 5. The van der Waals surface area contributed by atoms with Gasteiger partial charge in [0.2, 0.25) is 5.91 Å². The SMILES string of the molecule is CC(C)NC(=O)NC1C(=O)N(CC(=O)N(c2ccccc2)C(C)C)c2ccccc2N(c2ccccc2)C1=O. The molecule has 0 spiro atoms. The van der Waals surface area contributed by atoms with Gasteiger partial charge in [0, 0.05) is 23.5 Å². The lowest BCUT2D eigenvalue weighted by Gasteiger charge is -2.31. The molecule has 1 atom stereocenters. The molecule has 0 aromatic heterocycles. The molecule has 0 saturated heterocycles. The number of para-hydroxylation sites is 4. The second-order valence-electron chi connectivity index (χ2n) is 9.82. The molecule has 2 N–H and O–H groups in total. The summed E-state index contributed by atoms with van der Waals surface area (Å²) in [5.74, 6) is -1.66. The maximum Gasteiger partial charge on any atom is 0.316 e. The third-order valence-corrected chi connectivity index (χ3v) is 6.22. The maximum absolute atomic E-state index is 14.0. The van der Waals surface area contributed by atoms with Gasteiger partial charge in [0.05, 0.1) is 11.4 Å². The molecule has 1 aliphatic rings. The van der Waals surface area contributed by atoms with Gasteiger partial charge < -0.3 is 15.5 Å². The molecule has 9 nitrogen and oxygen atoms in total. The van der Waals surface area contributed by atoms with Crippen LogP contribution in [0.3, 0.4) is 0 Å². The number of carbonyl (C=O) groups is 4. The fraction of sp³-hybridized carbons (Fsp3) is 0.267. The van der Waals surface area contributed by atoms with E-state index in [-0.39, 0.29) is 24.5 Å². The van der Waals surface area contributed by atoms with Crippen molar-refractivity contribution < 1.29 is 19.2 Å². The molecule has 1 heterocycles. The highest BCUT2D eigenvalue weighted by Gasteiger charge is 2.43. The van der Waals surface area contributed by atoms with Crippen LogP contribution in [0.4, 0.5) is 27.5 Å². The van der Waals surface area contributed by atoms with Crippen LogP contribution in [-0.4, -0.2) is 48.4 Å². The fourth-order valence-electron chi connectivity index (χ4n) is 4.60. The molecule has 3 aromatic carbocycles. The van der Waals surface area contributed by atoms with Gasteiger partial charge in [0.1, 0.15) is 6.54 Å². The van der Waals surface area contributed by atoms with Gasteiger partial charge >= 0.3 is 6.03 Å². The summed E-state index contributed by atoms with van der Waals surface area (Å²) in [4.78, 5) is 58.8. The van der Waals surface area contributed by atoms with Gasteiger partial charge in [-0.15, -0.1) is 0 Å². The first kappa shape index (κ1) is 27.4. The van der Waals surface area contributed by atoms with Crippen LogP contribution in [0.15, 0.2) is 84.9 Å². The second-order valence-corrected chi connectivity index (χ2v) is 9.82. The van der Waals surface area contributed by atoms with Gasteiger partial charge in [0.25, 0.3) is 11.8 Å². The molecule has 0 radical (unpaired) electrons. The molecule has 0 saturated carbocycles. The summed E-state index contributed by atoms with van der Waals surface area (Å²) in [5.41, 5.74) is 2.04. The normalized spacial score (nSPS) is 15.2. The van der Waals surface area contributed by atoms with Crippen LogP contribution in [-0.2, 0) is 14.4 Å². The first-order valence-electron chi connectivity index (χ1n) is 12.9. The number of benzene rings is 3. The first-order valence-corrected chi connectivity index (χ1v) is 12.9. The minimum atomic E-state index is -1.56. The molecule has 4 rings (SSSR count). The number of rotatable bonds is 7. The molecule has 1 aliphatic heterocycles. The van der Waals surface area contributed by atoms with Gasteiger partial charge in [0.15, 0.2) is 6.04 Å². The highest BCUT2D eigenvalue weighted by Crippen LogP contribution is 2.38. The summed E-state index contributed by atoms with van der Waals surface area (Å²) in [6.45, 7) is 7.01. The van der Waals surface area contributed by atoms with Crippen molar-refractivity contribution in [2.75, 3.05) is 21.2 Å². The Hall–Kier alpha value is -4.66. The molecule has 0 fully saturated rings. The Labute approximate surface area is 228 Å². The van der Waals surface area contributed by atoms with Gasteiger partial charge in [-0.05, 0) is 64.1 Å². The number of urea groups is 1. The predicted molar refractivity (Wildman–Crippen MR) is 152 cm³/mol. The van der Waals surface area contributed by atoms with E-state index in [4.69, 9.17) is 0 Å². The smallest absolute Gasteiger partial charge is 0.316 e. The molecule has 202 valence electrons. The fourth-order valence-corrected chi connectivity index (χ4v) is 4.60. The molecular formula is C30H33N5O4. The third-order valence-electron chi connectivity index (χ3n) is 6.22. The topological polar surface area (TPSA) is 102 Å². The number of hydrogen-bond acceptors (Lipinski definition) is 4. The summed E-state index contributed by atoms with van der Waals surface area (Å²) < 4.78 is 0. The minimum absolute atomic E-state index is 0.189. The predicted octanol–water partition coefficient (Wildman–Crippen LogP) is 4.22. The van der Waals surface area contributed by atoms with Crippen molar-refractivity contribution in [3.63, 3.8) is 0 Å². The van der Waals surface area contributed by atoms with Crippen LogP contribution in [0, 0.1) is 0 Å². The summed E-state index contributed by atoms with van der Waals surface area (Å²) in [6.07, 6.45) is 0. The summed E-state index contributed by atoms with van der Waals surface area (Å²) >= 11 is 0. The lowest BCUT2D eigenvalue weighted by atomic mass is 10.2. The van der Waals surface area contributed by atoms with Crippen molar-refractivity contribution in [1.29, 1.82) is 0 Å². The van der Waals surface area contributed by atoms with Crippen molar-refractivity contribution in [1.82, 2.24) is 10.6 Å². The number of nitrogens with zero attached hydrogens (tertiary/aromatic N) is 3. The average molecular weight is 528 g/mol. The Balaban J connectivity index is 1.81. The van der Waals surface area contributed by atoms with Crippen molar-refractivity contribution in [2.45, 2.75) is 45.8 Å². The third kappa shape index (κ3) is 5.93. The number of hydrogen-bond donors (Lipinski definition) is 2. The van der Waals surface area contributed by atoms with Gasteiger partial charge in [-0.1, -0.05) is 48.5 Å². The van der Waals surface area contributed by atoms with Crippen molar-refractivity contribution in [3.05, 3.63) is 84.9 Å². The molecule has 9 heteroatoms. The van der Waals surface area contributed by atoms with Crippen molar-refractivity contribution in [2.24, 2.45) is 0 Å². The second kappa shape index (κ2) is 11.8. The van der Waals surface area contributed by atoms with E-state index in [2.05, 4.69) is 10.6 Å². The standard InChI is InChI=1S/C30H33N5O4/c1-20(2)31-30(39)32-27-28(37)33(19-26(36)34(21(3)4)22-13-7-5-8-14-22)24-17-11-12-18-25(24)35(29(27)38)23-15-9-6-10-16-23/h5-18,20-21,27H,19H2,1-4H3,(H2,31,32,39). The van der Waals surface area contributed by atoms with E-state index in [0.29, 0.717) is 22.7 Å². The van der Waals surface area contributed by atoms with E-state index in [9.17, 15) is 19.2 Å². The Morgan fingerprint density at radius 3 is 1.95 bits per heavy atom. The minimum Gasteiger partial charge on any atom is -0.336 e. The van der Waals surface area contributed by atoms with E-state index in [1.807, 2.05) is 50.2 Å². The van der Waals surface area contributed by atoms with Gasteiger partial charge in [-0.2, -0.15) is 0 Å². The highest BCUT2D eigenvalue weighted by atomic mass is 16.2. The molecule has 39 heavy (non-hydrogen) atoms. The molecule has 0 aliphatic carbocycles. The highest BCUT2D eigenvalue weighted by molar-refractivity contribution is 6.24.